The number of amides is 2. The first-order valence-corrected chi connectivity index (χ1v) is 12.8. The number of fused-ring (bicyclic) bond motifs is 1. The lowest BCUT2D eigenvalue weighted by atomic mass is 10.1. The third-order valence-corrected chi connectivity index (χ3v) is 6.68. The molecule has 8 nitrogen and oxygen atoms in total. The van der Waals surface area contributed by atoms with E-state index in [9.17, 15) is 9.59 Å². The fourth-order valence-corrected chi connectivity index (χ4v) is 4.66. The zero-order valence-corrected chi connectivity index (χ0v) is 21.6. The zero-order valence-electron chi connectivity index (χ0n) is 20.8. The van der Waals surface area contributed by atoms with Gasteiger partial charge in [0.15, 0.2) is 11.0 Å². The molecule has 37 heavy (non-hydrogen) atoms. The number of hydrogen-bond acceptors (Lipinski definition) is 6. The summed E-state index contributed by atoms with van der Waals surface area (Å²) in [4.78, 5) is 25.2. The Morgan fingerprint density at radius 1 is 1.05 bits per heavy atom. The van der Waals surface area contributed by atoms with Gasteiger partial charge in [0.05, 0.1) is 25.3 Å². The first kappa shape index (κ1) is 26.0. The maximum atomic E-state index is 12.6. The standard InChI is InChI=1S/C28H29N5O3S/c1-4-15-33-27(19(2)29-25(34)16-20-9-13-24(36-3)14-10-20)31-32-28(33)37-18-26(35)30-23-12-11-21-7-5-6-8-22(21)17-23/h4-14,17,19H,1,15-16,18H2,2-3H3,(H,29,34)(H,30,35). The fourth-order valence-electron chi connectivity index (χ4n) is 3.91. The summed E-state index contributed by atoms with van der Waals surface area (Å²) in [7, 11) is 1.60. The molecule has 1 unspecified atom stereocenters. The fraction of sp³-hybridized carbons (Fsp3) is 0.214. The van der Waals surface area contributed by atoms with Gasteiger partial charge in [0.2, 0.25) is 11.8 Å². The molecule has 0 saturated heterocycles. The lowest BCUT2D eigenvalue weighted by Gasteiger charge is -2.15. The van der Waals surface area contributed by atoms with E-state index in [4.69, 9.17) is 4.74 Å². The second-order valence-corrected chi connectivity index (χ2v) is 9.40. The largest absolute Gasteiger partial charge is 0.497 e. The first-order chi connectivity index (χ1) is 18.0. The molecule has 3 aromatic carbocycles. The van der Waals surface area contributed by atoms with E-state index < -0.39 is 0 Å². The van der Waals surface area contributed by atoms with Gasteiger partial charge in [0.1, 0.15) is 5.75 Å². The number of thioether (sulfide) groups is 1. The van der Waals surface area contributed by atoms with Crippen molar-refractivity contribution in [2.45, 2.75) is 31.1 Å². The third-order valence-electron chi connectivity index (χ3n) is 5.71. The summed E-state index contributed by atoms with van der Waals surface area (Å²) in [5.74, 6) is 1.23. The summed E-state index contributed by atoms with van der Waals surface area (Å²) in [5, 5.41) is 17.2. The highest BCUT2D eigenvalue weighted by molar-refractivity contribution is 7.99. The number of ether oxygens (including phenoxy) is 1. The Balaban J connectivity index is 1.36. The molecule has 1 aromatic heterocycles. The minimum Gasteiger partial charge on any atom is -0.497 e. The molecule has 1 heterocycles. The number of anilines is 1. The van der Waals surface area contributed by atoms with Gasteiger partial charge in [-0.3, -0.25) is 9.59 Å². The van der Waals surface area contributed by atoms with Crippen molar-refractivity contribution in [1.29, 1.82) is 0 Å². The van der Waals surface area contributed by atoms with Crippen LogP contribution in [0.5, 0.6) is 5.75 Å². The molecule has 0 aliphatic rings. The topological polar surface area (TPSA) is 98.1 Å². The van der Waals surface area contributed by atoms with Crippen molar-refractivity contribution in [2.24, 2.45) is 0 Å². The van der Waals surface area contributed by atoms with Crippen molar-refractivity contribution in [1.82, 2.24) is 20.1 Å². The molecule has 9 heteroatoms. The summed E-state index contributed by atoms with van der Waals surface area (Å²) in [6.45, 7) is 6.13. The average Bonchev–Trinajstić information content (AvgIpc) is 3.30. The number of allylic oxidation sites excluding steroid dienone is 1. The smallest absolute Gasteiger partial charge is 0.234 e. The third kappa shape index (κ3) is 6.77. The second-order valence-electron chi connectivity index (χ2n) is 8.45. The lowest BCUT2D eigenvalue weighted by Crippen LogP contribution is -2.30. The number of rotatable bonds is 11. The maximum Gasteiger partial charge on any atom is 0.234 e. The Morgan fingerprint density at radius 3 is 2.54 bits per heavy atom. The van der Waals surface area contributed by atoms with Crippen molar-refractivity contribution in [3.05, 3.63) is 90.8 Å². The van der Waals surface area contributed by atoms with Gasteiger partial charge >= 0.3 is 0 Å². The zero-order chi connectivity index (χ0) is 26.2. The molecule has 0 aliphatic carbocycles. The molecule has 2 N–H and O–H groups in total. The number of benzene rings is 3. The molecule has 0 bridgehead atoms. The van der Waals surface area contributed by atoms with Crippen LogP contribution >= 0.6 is 11.8 Å². The molecule has 0 radical (unpaired) electrons. The molecule has 0 aliphatic heterocycles. The number of nitrogens with one attached hydrogen (secondary N) is 2. The van der Waals surface area contributed by atoms with Gasteiger partial charge in [-0.25, -0.2) is 0 Å². The minimum absolute atomic E-state index is 0.130. The van der Waals surface area contributed by atoms with E-state index in [0.717, 1.165) is 27.8 Å². The van der Waals surface area contributed by atoms with E-state index in [1.807, 2.05) is 78.2 Å². The van der Waals surface area contributed by atoms with Crippen LogP contribution in [0.1, 0.15) is 24.4 Å². The van der Waals surface area contributed by atoms with Crippen molar-refractivity contribution in [2.75, 3.05) is 18.2 Å². The predicted octanol–water partition coefficient (Wildman–Crippen LogP) is 4.78. The van der Waals surface area contributed by atoms with Gasteiger partial charge < -0.3 is 19.9 Å². The summed E-state index contributed by atoms with van der Waals surface area (Å²) >= 11 is 1.29. The average molecular weight is 516 g/mol. The van der Waals surface area contributed by atoms with Crippen molar-refractivity contribution < 1.29 is 14.3 Å². The van der Waals surface area contributed by atoms with E-state index in [-0.39, 0.29) is 30.0 Å². The number of carbonyl (C=O) groups is 2. The van der Waals surface area contributed by atoms with Gasteiger partial charge in [0, 0.05) is 12.2 Å². The summed E-state index contributed by atoms with van der Waals surface area (Å²) in [6, 6.07) is 20.8. The van der Waals surface area contributed by atoms with E-state index in [2.05, 4.69) is 27.4 Å². The van der Waals surface area contributed by atoms with E-state index in [1.165, 1.54) is 11.8 Å². The minimum atomic E-state index is -0.376. The van der Waals surface area contributed by atoms with Crippen LogP contribution in [0.3, 0.4) is 0 Å². The number of nitrogens with zero attached hydrogens (tertiary/aromatic N) is 3. The van der Waals surface area contributed by atoms with E-state index in [0.29, 0.717) is 17.5 Å². The van der Waals surface area contributed by atoms with Gasteiger partial charge in [-0.1, -0.05) is 60.3 Å². The monoisotopic (exact) mass is 515 g/mol. The SMILES string of the molecule is C=CCn1c(SCC(=O)Nc2ccc3ccccc3c2)nnc1C(C)NC(=O)Cc1ccc(OC)cc1. The van der Waals surface area contributed by atoms with Crippen LogP contribution in [0.4, 0.5) is 5.69 Å². The molecule has 2 amide bonds. The Bertz CT molecular complexity index is 1400. The normalized spacial score (nSPS) is 11.6. The first-order valence-electron chi connectivity index (χ1n) is 11.8. The quantitative estimate of drug-likeness (QED) is 0.220. The highest BCUT2D eigenvalue weighted by Gasteiger charge is 2.20. The van der Waals surface area contributed by atoms with Crippen LogP contribution < -0.4 is 15.4 Å². The highest BCUT2D eigenvalue weighted by Crippen LogP contribution is 2.23. The Morgan fingerprint density at radius 2 is 1.81 bits per heavy atom. The van der Waals surface area contributed by atoms with Gasteiger partial charge in [0.25, 0.3) is 0 Å². The predicted molar refractivity (Wildman–Crippen MR) is 147 cm³/mol. The summed E-state index contributed by atoms with van der Waals surface area (Å²) < 4.78 is 7.02. The Hall–Kier alpha value is -4.11. The van der Waals surface area contributed by atoms with Crippen LogP contribution in [-0.4, -0.2) is 39.4 Å². The van der Waals surface area contributed by atoms with Crippen LogP contribution in [0.2, 0.25) is 0 Å². The van der Waals surface area contributed by atoms with Gasteiger partial charge in [-0.05, 0) is 47.5 Å². The summed E-state index contributed by atoms with van der Waals surface area (Å²) in [6.07, 6.45) is 1.97. The molecule has 4 rings (SSSR count). The van der Waals surface area contributed by atoms with Crippen molar-refractivity contribution in [3.63, 3.8) is 0 Å². The number of carbonyl (C=O) groups excluding carboxylic acids is 2. The van der Waals surface area contributed by atoms with Crippen LogP contribution in [0, 0.1) is 0 Å². The molecule has 4 aromatic rings. The molecule has 0 fully saturated rings. The lowest BCUT2D eigenvalue weighted by molar-refractivity contribution is -0.121. The number of hydrogen-bond donors (Lipinski definition) is 2. The number of aromatic nitrogens is 3. The molecule has 190 valence electrons. The van der Waals surface area contributed by atoms with E-state index in [1.54, 1.807) is 13.2 Å². The molecule has 1 atom stereocenters. The Labute approximate surface area is 220 Å². The van der Waals surface area contributed by atoms with Crippen molar-refractivity contribution in [3.8, 4) is 5.75 Å². The second kappa shape index (κ2) is 12.2. The summed E-state index contributed by atoms with van der Waals surface area (Å²) in [5.41, 5.74) is 1.62. The van der Waals surface area contributed by atoms with E-state index >= 15 is 0 Å². The van der Waals surface area contributed by atoms with Gasteiger partial charge in [-0.15, -0.1) is 16.8 Å². The highest BCUT2D eigenvalue weighted by atomic mass is 32.2. The van der Waals surface area contributed by atoms with Crippen LogP contribution in [-0.2, 0) is 22.6 Å². The van der Waals surface area contributed by atoms with Crippen LogP contribution in [0.25, 0.3) is 10.8 Å². The molecule has 0 spiro atoms. The van der Waals surface area contributed by atoms with Crippen molar-refractivity contribution >= 4 is 40.0 Å². The molecular weight excluding hydrogens is 486 g/mol. The molecular formula is C28H29N5O3S. The number of methoxy groups -OCH3 is 1. The maximum absolute atomic E-state index is 12.6. The Kier molecular flexibility index (Phi) is 8.58. The van der Waals surface area contributed by atoms with Crippen LogP contribution in [0.15, 0.2) is 84.5 Å². The van der Waals surface area contributed by atoms with Gasteiger partial charge in [-0.2, -0.15) is 0 Å². The molecule has 0 saturated carbocycles.